The predicted molar refractivity (Wildman–Crippen MR) is 143 cm³/mol. The van der Waals surface area contributed by atoms with Crippen LogP contribution in [0, 0.1) is 58.7 Å². The van der Waals surface area contributed by atoms with Gasteiger partial charge in [-0.25, -0.2) is 0 Å². The van der Waals surface area contributed by atoms with Crippen LogP contribution in [0.25, 0.3) is 0 Å². The van der Waals surface area contributed by atoms with Crippen molar-refractivity contribution >= 4 is 17.5 Å². The fourth-order valence-corrected chi connectivity index (χ4v) is 9.53. The maximum atomic E-state index is 13.9. The highest BCUT2D eigenvalue weighted by molar-refractivity contribution is 5.96. The highest BCUT2D eigenvalue weighted by Gasteiger charge is 2.66. The third kappa shape index (κ3) is 3.99. The molecule has 5 heteroatoms. The number of hydrogen-bond donors (Lipinski definition) is 2. The summed E-state index contributed by atoms with van der Waals surface area (Å²) in [6.45, 7) is 12.7. The zero-order valence-electron chi connectivity index (χ0n) is 23.2. The second-order valence-electron chi connectivity index (χ2n) is 12.9. The lowest BCUT2D eigenvalue weighted by Gasteiger charge is -2.66. The Morgan fingerprint density at radius 2 is 1.56 bits per heavy atom. The molecule has 0 radical (unpaired) electrons. The number of nitrogens with two attached hydrogens (primary N) is 1. The van der Waals surface area contributed by atoms with Gasteiger partial charge in [0, 0.05) is 12.3 Å². The number of Topliss-reactive ketones (excluding diaryl/α,β-unsaturated/α-hetero) is 1. The van der Waals surface area contributed by atoms with Gasteiger partial charge in [0.2, 0.25) is 0 Å². The molecule has 36 heavy (non-hydrogen) atoms. The van der Waals surface area contributed by atoms with Crippen molar-refractivity contribution in [1.82, 2.24) is 0 Å². The van der Waals surface area contributed by atoms with Gasteiger partial charge in [-0.1, -0.05) is 40.2 Å². The van der Waals surface area contributed by atoms with Gasteiger partial charge < -0.3 is 10.8 Å². The van der Waals surface area contributed by atoms with Gasteiger partial charge in [-0.3, -0.25) is 14.4 Å². The van der Waals surface area contributed by atoms with Crippen LogP contribution in [0.2, 0.25) is 0 Å². The van der Waals surface area contributed by atoms with E-state index in [0.717, 1.165) is 44.9 Å². The summed E-state index contributed by atoms with van der Waals surface area (Å²) in [6, 6.07) is 0. The summed E-state index contributed by atoms with van der Waals surface area (Å²) in [5.41, 5.74) is 6.71. The minimum absolute atomic E-state index is 0.0353. The Morgan fingerprint density at radius 1 is 0.944 bits per heavy atom. The average Bonchev–Trinajstić information content (AvgIpc) is 2.83. The fraction of sp³-hybridized carbons (Fsp3) is 0.774. The second-order valence-corrected chi connectivity index (χ2v) is 12.9. The molecule has 8 unspecified atom stereocenters. The van der Waals surface area contributed by atoms with Crippen LogP contribution in [-0.2, 0) is 14.4 Å². The largest absolute Gasteiger partial charge is 0.481 e. The standard InChI is InChI=1S/C27H39NO4.C2H6.C2H2/c1-24-9-5-15(23(31)32)13-18(24)16-14-19(29)22-25(2,17(16)6-10-24)11-7-20-26(22,3)12-8-21(30)27(20,4)28;2*1-2/h14-15,17-18,20,22H,5-13,28H2,1-4H3,(H,31,32);1-2H3;1-2H/t15?,17?,18?,20?,22?,24?,25?,26?,27-;;/m1../s1. The molecule has 200 valence electrons. The second kappa shape index (κ2) is 9.75. The van der Waals surface area contributed by atoms with Crippen molar-refractivity contribution in [2.75, 3.05) is 0 Å². The Hall–Kier alpha value is -1.93. The lowest BCUT2D eigenvalue weighted by atomic mass is 9.38. The summed E-state index contributed by atoms with van der Waals surface area (Å²) < 4.78 is 0. The first-order valence-corrected chi connectivity index (χ1v) is 14.0. The molecule has 0 aromatic rings. The number of carboxylic acid groups (broad SMARTS) is 1. The van der Waals surface area contributed by atoms with E-state index in [2.05, 4.69) is 33.6 Å². The highest BCUT2D eigenvalue weighted by atomic mass is 16.4. The van der Waals surface area contributed by atoms with Gasteiger partial charge in [0.05, 0.1) is 11.5 Å². The summed E-state index contributed by atoms with van der Waals surface area (Å²) >= 11 is 0. The summed E-state index contributed by atoms with van der Waals surface area (Å²) in [7, 11) is 0. The Bertz CT molecular complexity index is 963. The first kappa shape index (κ1) is 28.6. The van der Waals surface area contributed by atoms with Gasteiger partial charge >= 0.3 is 5.97 Å². The van der Waals surface area contributed by atoms with Gasteiger partial charge in [-0.15, -0.1) is 12.8 Å². The highest BCUT2D eigenvalue weighted by Crippen LogP contribution is 2.69. The van der Waals surface area contributed by atoms with E-state index in [1.165, 1.54) is 5.57 Å². The molecule has 5 nitrogen and oxygen atoms in total. The van der Waals surface area contributed by atoms with E-state index >= 15 is 0 Å². The van der Waals surface area contributed by atoms with E-state index in [9.17, 15) is 19.5 Å². The van der Waals surface area contributed by atoms with Crippen LogP contribution >= 0.6 is 0 Å². The van der Waals surface area contributed by atoms with Crippen LogP contribution in [0.1, 0.15) is 99.3 Å². The van der Waals surface area contributed by atoms with E-state index in [4.69, 9.17) is 5.73 Å². The normalized spacial score (nSPS) is 47.1. The average molecular weight is 498 g/mol. The molecule has 9 atom stereocenters. The number of hydrogen-bond acceptors (Lipinski definition) is 4. The van der Waals surface area contributed by atoms with Gasteiger partial charge in [-0.05, 0) is 98.4 Å². The zero-order valence-corrected chi connectivity index (χ0v) is 23.2. The van der Waals surface area contributed by atoms with Crippen LogP contribution < -0.4 is 5.73 Å². The Labute approximate surface area is 218 Å². The minimum Gasteiger partial charge on any atom is -0.481 e. The Morgan fingerprint density at radius 3 is 2.17 bits per heavy atom. The lowest BCUT2D eigenvalue weighted by Crippen LogP contribution is -2.68. The maximum absolute atomic E-state index is 13.9. The van der Waals surface area contributed by atoms with Gasteiger partial charge in [0.15, 0.2) is 11.6 Å². The number of carboxylic acids is 1. The number of carbonyl (C=O) groups excluding carboxylic acids is 2. The van der Waals surface area contributed by atoms with E-state index in [1.807, 2.05) is 26.8 Å². The molecule has 5 rings (SSSR count). The Balaban J connectivity index is 0.000000861. The predicted octanol–water partition coefficient (Wildman–Crippen LogP) is 5.81. The molecule has 0 bridgehead atoms. The smallest absolute Gasteiger partial charge is 0.306 e. The van der Waals surface area contributed by atoms with E-state index in [1.54, 1.807) is 0 Å². The van der Waals surface area contributed by atoms with Gasteiger partial charge in [0.25, 0.3) is 0 Å². The van der Waals surface area contributed by atoms with Crippen molar-refractivity contribution < 1.29 is 19.5 Å². The molecule has 5 aliphatic carbocycles. The number of aliphatic carboxylic acids is 1. The topological polar surface area (TPSA) is 97.5 Å². The minimum atomic E-state index is -0.859. The molecule has 0 aromatic heterocycles. The fourth-order valence-electron chi connectivity index (χ4n) is 9.53. The van der Waals surface area contributed by atoms with Crippen molar-refractivity contribution in [2.24, 2.45) is 51.6 Å². The lowest BCUT2D eigenvalue weighted by molar-refractivity contribution is -0.167. The number of carbonyl (C=O) groups is 3. The quantitative estimate of drug-likeness (QED) is 0.446. The monoisotopic (exact) mass is 497 g/mol. The van der Waals surface area contributed by atoms with Crippen LogP contribution in [0.4, 0.5) is 0 Å². The summed E-state index contributed by atoms with van der Waals surface area (Å²) in [5, 5.41) is 9.71. The molecule has 0 heterocycles. The van der Waals surface area contributed by atoms with E-state index < -0.39 is 11.5 Å². The Kier molecular flexibility index (Phi) is 7.75. The zero-order chi connectivity index (χ0) is 27.3. The molecular formula is C31H47NO4. The van der Waals surface area contributed by atoms with Crippen molar-refractivity contribution in [1.29, 1.82) is 0 Å². The molecule has 5 aliphatic rings. The van der Waals surface area contributed by atoms with Crippen molar-refractivity contribution in [3.63, 3.8) is 0 Å². The molecule has 0 aliphatic heterocycles. The van der Waals surface area contributed by atoms with Crippen LogP contribution in [0.15, 0.2) is 11.6 Å². The first-order valence-electron chi connectivity index (χ1n) is 14.0. The molecule has 4 fully saturated rings. The molecule has 0 amide bonds. The van der Waals surface area contributed by atoms with Crippen molar-refractivity contribution in [2.45, 2.75) is 105 Å². The van der Waals surface area contributed by atoms with Crippen molar-refractivity contribution in [3.8, 4) is 12.8 Å². The van der Waals surface area contributed by atoms with Crippen LogP contribution in [-0.4, -0.2) is 28.2 Å². The number of allylic oxidation sites excluding steroid dienone is 2. The molecule has 0 spiro atoms. The summed E-state index contributed by atoms with van der Waals surface area (Å²) in [5.74, 6) is -0.204. The van der Waals surface area contributed by atoms with Crippen LogP contribution in [0.3, 0.4) is 0 Å². The van der Waals surface area contributed by atoms with Crippen molar-refractivity contribution in [3.05, 3.63) is 11.6 Å². The van der Waals surface area contributed by atoms with E-state index in [-0.39, 0.29) is 51.5 Å². The molecule has 3 N–H and O–H groups in total. The molecule has 4 saturated carbocycles. The van der Waals surface area contributed by atoms with Gasteiger partial charge in [-0.2, -0.15) is 0 Å². The third-order valence-corrected chi connectivity index (χ3v) is 11.3. The van der Waals surface area contributed by atoms with Gasteiger partial charge in [0.1, 0.15) is 0 Å². The number of ketones is 2. The number of fused-ring (bicyclic) bond motifs is 7. The van der Waals surface area contributed by atoms with Crippen LogP contribution in [0.5, 0.6) is 0 Å². The first-order chi connectivity index (χ1) is 16.8. The summed E-state index contributed by atoms with van der Waals surface area (Å²) in [6.07, 6.45) is 17.5. The molecule has 0 saturated heterocycles. The molecule has 0 aromatic carbocycles. The SMILES string of the molecule is C#C.CC.CC12CCC(C(=O)O)CC1C1=CC(=O)C3C(C)(CCC4C3(C)CCC(=O)[C@]4(C)N)C1CC2. The molecular weight excluding hydrogens is 450 g/mol. The number of terminal acetylenes is 1. The third-order valence-electron chi connectivity index (χ3n) is 11.3. The summed E-state index contributed by atoms with van der Waals surface area (Å²) in [4.78, 5) is 38.4. The number of rotatable bonds is 1. The maximum Gasteiger partial charge on any atom is 0.306 e. The van der Waals surface area contributed by atoms with E-state index in [0.29, 0.717) is 18.8 Å².